The lowest BCUT2D eigenvalue weighted by atomic mass is 10.1. The molecule has 4 aromatic rings. The number of nitrogens with one attached hydrogen (secondary N) is 1. The number of rotatable bonds is 6. The van der Waals surface area contributed by atoms with Crippen molar-refractivity contribution in [2.75, 3.05) is 0 Å². The van der Waals surface area contributed by atoms with Crippen molar-refractivity contribution >= 4 is 28.8 Å². The molecule has 0 saturated carbocycles. The molecular weight excluding hydrogens is 476 g/mol. The predicted octanol–water partition coefficient (Wildman–Crippen LogP) is 3.98. The fraction of sp³-hybridized carbons (Fsp3) is 0.200. The summed E-state index contributed by atoms with van der Waals surface area (Å²) in [4.78, 5) is 32.9. The summed E-state index contributed by atoms with van der Waals surface area (Å²) in [6, 6.07) is 13.1. The van der Waals surface area contributed by atoms with E-state index in [4.69, 9.17) is 25.7 Å². The van der Waals surface area contributed by atoms with Crippen molar-refractivity contribution in [1.82, 2.24) is 19.9 Å². The Morgan fingerprint density at radius 2 is 1.84 bits per heavy atom. The average Bonchev–Trinajstić information content (AvgIpc) is 3.19. The van der Waals surface area contributed by atoms with Crippen molar-refractivity contribution in [3.63, 3.8) is 0 Å². The molecule has 0 atom stereocenters. The summed E-state index contributed by atoms with van der Waals surface area (Å²) in [5.74, 6) is 0.403. The van der Waals surface area contributed by atoms with Gasteiger partial charge in [-0.2, -0.15) is 15.2 Å². The third-order valence-corrected chi connectivity index (χ3v) is 4.68. The van der Waals surface area contributed by atoms with Crippen molar-refractivity contribution in [2.45, 2.75) is 33.3 Å². The van der Waals surface area contributed by atoms with Crippen LogP contribution in [-0.2, 0) is 4.74 Å². The van der Waals surface area contributed by atoms with Crippen LogP contribution in [0.3, 0.4) is 0 Å². The molecule has 2 heterocycles. The molecule has 0 bridgehead atoms. The molecule has 37 heavy (non-hydrogen) atoms. The molecule has 12 heteroatoms. The van der Waals surface area contributed by atoms with E-state index in [2.05, 4.69) is 24.9 Å². The van der Waals surface area contributed by atoms with E-state index in [0.29, 0.717) is 22.8 Å². The summed E-state index contributed by atoms with van der Waals surface area (Å²) in [6.07, 6.45) is 0. The minimum atomic E-state index is -0.742. The summed E-state index contributed by atoms with van der Waals surface area (Å²) in [5.41, 5.74) is 11.6. The SMILES string of the molecule is Cc1nc2nc(Oc3ccccc3N=C(N)N)nc(Oc3ccc(C#N)c(C(=O)OC(C)(C)C)c3)c2[nH]1. The van der Waals surface area contributed by atoms with Gasteiger partial charge in [-0.15, -0.1) is 0 Å². The van der Waals surface area contributed by atoms with Gasteiger partial charge in [0.1, 0.15) is 34.4 Å². The number of para-hydroxylation sites is 2. The van der Waals surface area contributed by atoms with Crippen LogP contribution in [0, 0.1) is 18.3 Å². The third-order valence-electron chi connectivity index (χ3n) is 4.68. The summed E-state index contributed by atoms with van der Waals surface area (Å²) < 4.78 is 17.3. The van der Waals surface area contributed by atoms with Gasteiger partial charge >= 0.3 is 12.0 Å². The highest BCUT2D eigenvalue weighted by atomic mass is 16.6. The number of aromatic amines is 1. The molecular formula is C25H24N8O4. The van der Waals surface area contributed by atoms with Crippen LogP contribution in [0.2, 0.25) is 0 Å². The molecule has 5 N–H and O–H groups in total. The van der Waals surface area contributed by atoms with Gasteiger partial charge in [0, 0.05) is 0 Å². The maximum Gasteiger partial charge on any atom is 0.340 e. The Bertz CT molecular complexity index is 1560. The molecule has 12 nitrogen and oxygen atoms in total. The van der Waals surface area contributed by atoms with Crippen LogP contribution in [-0.4, -0.2) is 37.5 Å². The number of carbonyl (C=O) groups excluding carboxylic acids is 1. The zero-order chi connectivity index (χ0) is 26.7. The Labute approximate surface area is 211 Å². The number of guanidine groups is 1. The van der Waals surface area contributed by atoms with E-state index in [-0.39, 0.29) is 40.4 Å². The number of aromatic nitrogens is 4. The number of benzene rings is 2. The first-order valence-electron chi connectivity index (χ1n) is 11.1. The number of aryl methyl sites for hydroxylation is 1. The van der Waals surface area contributed by atoms with E-state index in [1.54, 1.807) is 52.0 Å². The fourth-order valence-corrected chi connectivity index (χ4v) is 3.26. The number of H-pyrrole nitrogens is 1. The second kappa shape index (κ2) is 9.82. The number of fused-ring (bicyclic) bond motifs is 1. The van der Waals surface area contributed by atoms with E-state index in [9.17, 15) is 10.1 Å². The van der Waals surface area contributed by atoms with Gasteiger partial charge in [-0.05, 0) is 58.0 Å². The van der Waals surface area contributed by atoms with Gasteiger partial charge in [0.05, 0.1) is 11.1 Å². The Hall–Kier alpha value is -5.18. The third kappa shape index (κ3) is 5.91. The lowest BCUT2D eigenvalue weighted by molar-refractivity contribution is 0.00688. The predicted molar refractivity (Wildman–Crippen MR) is 135 cm³/mol. The van der Waals surface area contributed by atoms with Gasteiger partial charge < -0.3 is 30.7 Å². The van der Waals surface area contributed by atoms with Crippen LogP contribution in [0.1, 0.15) is 42.5 Å². The molecule has 0 saturated heterocycles. The van der Waals surface area contributed by atoms with Crippen LogP contribution >= 0.6 is 0 Å². The minimum Gasteiger partial charge on any atom is -0.456 e. The van der Waals surface area contributed by atoms with E-state index >= 15 is 0 Å². The molecule has 0 aliphatic heterocycles. The molecule has 2 aromatic carbocycles. The summed E-state index contributed by atoms with van der Waals surface area (Å²) in [5, 5.41) is 9.47. The first kappa shape index (κ1) is 24.9. The maximum atomic E-state index is 12.7. The van der Waals surface area contributed by atoms with Crippen LogP contribution in [0.15, 0.2) is 47.5 Å². The van der Waals surface area contributed by atoms with Crippen LogP contribution in [0.25, 0.3) is 11.2 Å². The van der Waals surface area contributed by atoms with Crippen molar-refractivity contribution in [2.24, 2.45) is 16.5 Å². The maximum absolute atomic E-state index is 12.7. The quantitative estimate of drug-likeness (QED) is 0.198. The number of aliphatic imine (C=N–C) groups is 1. The van der Waals surface area contributed by atoms with Gasteiger partial charge in [0.2, 0.25) is 0 Å². The number of hydrogen-bond acceptors (Lipinski definition) is 9. The Kier molecular flexibility index (Phi) is 6.62. The Morgan fingerprint density at radius 1 is 1.08 bits per heavy atom. The molecule has 0 fully saturated rings. The van der Waals surface area contributed by atoms with Gasteiger partial charge in [-0.25, -0.2) is 14.8 Å². The molecule has 0 spiro atoms. The van der Waals surface area contributed by atoms with E-state index in [1.165, 1.54) is 18.2 Å². The van der Waals surface area contributed by atoms with Crippen LogP contribution < -0.4 is 20.9 Å². The van der Waals surface area contributed by atoms with Crippen LogP contribution in [0.4, 0.5) is 5.69 Å². The van der Waals surface area contributed by atoms with Gasteiger partial charge in [-0.3, -0.25) is 0 Å². The first-order chi connectivity index (χ1) is 17.5. The first-order valence-corrected chi connectivity index (χ1v) is 11.1. The molecule has 0 unspecified atom stereocenters. The number of nitrogens with two attached hydrogens (primary N) is 2. The van der Waals surface area contributed by atoms with Crippen molar-refractivity contribution in [3.8, 4) is 29.5 Å². The molecule has 0 amide bonds. The highest BCUT2D eigenvalue weighted by molar-refractivity contribution is 5.93. The monoisotopic (exact) mass is 500 g/mol. The number of hydrogen-bond donors (Lipinski definition) is 3. The number of imidazole rings is 1. The summed E-state index contributed by atoms with van der Waals surface area (Å²) >= 11 is 0. The second-order valence-corrected chi connectivity index (χ2v) is 8.86. The highest BCUT2D eigenvalue weighted by Gasteiger charge is 2.22. The zero-order valence-electron chi connectivity index (χ0n) is 20.6. The standard InChI is InChI=1S/C25H24N8O4/c1-13-29-19-20(30-13)32-24(36-18-8-6-5-7-17(18)31-23(27)28)33-21(19)35-15-10-9-14(12-26)16(11-15)22(34)37-25(2,3)4/h5-11H,1-4H3,(H4,27,28,31)(H,29,30,32,33). The fourth-order valence-electron chi connectivity index (χ4n) is 3.26. The van der Waals surface area contributed by atoms with E-state index in [1.807, 2.05) is 6.07 Å². The van der Waals surface area contributed by atoms with Gasteiger partial charge in [-0.1, -0.05) is 12.1 Å². The smallest absolute Gasteiger partial charge is 0.340 e. The molecule has 0 radical (unpaired) electrons. The number of nitrogens with zero attached hydrogens (tertiary/aromatic N) is 5. The molecule has 0 aliphatic carbocycles. The van der Waals surface area contributed by atoms with Crippen molar-refractivity contribution in [3.05, 3.63) is 59.4 Å². The number of carbonyl (C=O) groups is 1. The van der Waals surface area contributed by atoms with Gasteiger partial charge in [0.15, 0.2) is 17.4 Å². The minimum absolute atomic E-state index is 0.0589. The number of ether oxygens (including phenoxy) is 3. The van der Waals surface area contributed by atoms with Gasteiger partial charge in [0.25, 0.3) is 5.88 Å². The Balaban J connectivity index is 1.73. The lowest BCUT2D eigenvalue weighted by Crippen LogP contribution is -2.24. The average molecular weight is 501 g/mol. The summed E-state index contributed by atoms with van der Waals surface area (Å²) in [7, 11) is 0. The lowest BCUT2D eigenvalue weighted by Gasteiger charge is -2.20. The zero-order valence-corrected chi connectivity index (χ0v) is 20.6. The normalized spacial score (nSPS) is 11.0. The highest BCUT2D eigenvalue weighted by Crippen LogP contribution is 2.34. The molecule has 2 aromatic heterocycles. The number of nitriles is 1. The molecule has 4 rings (SSSR count). The summed E-state index contributed by atoms with van der Waals surface area (Å²) in [6.45, 7) is 6.97. The van der Waals surface area contributed by atoms with E-state index < -0.39 is 11.6 Å². The molecule has 0 aliphatic rings. The van der Waals surface area contributed by atoms with Crippen LogP contribution in [0.5, 0.6) is 23.4 Å². The van der Waals surface area contributed by atoms with Crippen molar-refractivity contribution in [1.29, 1.82) is 5.26 Å². The number of esters is 1. The topological polar surface area (TPSA) is 187 Å². The largest absolute Gasteiger partial charge is 0.456 e. The molecule has 188 valence electrons. The second-order valence-electron chi connectivity index (χ2n) is 8.86. The Morgan fingerprint density at radius 3 is 2.54 bits per heavy atom. The van der Waals surface area contributed by atoms with Crippen molar-refractivity contribution < 1.29 is 19.0 Å². The van der Waals surface area contributed by atoms with E-state index in [0.717, 1.165) is 0 Å².